The Kier molecular flexibility index (Phi) is 3.11. The van der Waals surface area contributed by atoms with Crippen LogP contribution in [0, 0.1) is 0 Å². The number of hydrogen-bond acceptors (Lipinski definition) is 3. The van der Waals surface area contributed by atoms with Crippen molar-refractivity contribution in [2.75, 3.05) is 24.5 Å². The molecule has 0 aliphatic carbocycles. The molecule has 20 heavy (non-hydrogen) atoms. The van der Waals surface area contributed by atoms with Gasteiger partial charge in [0.15, 0.2) is 0 Å². The molecular weight excluding hydrogens is 252 g/mol. The van der Waals surface area contributed by atoms with Crippen LogP contribution in [0.5, 0.6) is 0 Å². The molecule has 0 atom stereocenters. The first-order chi connectivity index (χ1) is 9.44. The molecule has 0 fully saturated rings. The van der Waals surface area contributed by atoms with Crippen LogP contribution in [0.3, 0.4) is 0 Å². The van der Waals surface area contributed by atoms with Gasteiger partial charge in [-0.2, -0.15) is 0 Å². The molecule has 1 aromatic rings. The van der Waals surface area contributed by atoms with Gasteiger partial charge >= 0.3 is 6.09 Å². The average molecular weight is 274 g/mol. The zero-order valence-electron chi connectivity index (χ0n) is 12.5. The molecule has 0 saturated heterocycles. The number of anilines is 1. The van der Waals surface area contributed by atoms with Crippen LogP contribution in [0.15, 0.2) is 18.2 Å². The van der Waals surface area contributed by atoms with Gasteiger partial charge in [0, 0.05) is 25.3 Å². The van der Waals surface area contributed by atoms with Crippen molar-refractivity contribution >= 4 is 11.8 Å². The summed E-state index contributed by atoms with van der Waals surface area (Å²) in [6.07, 6.45) is 0.909. The standard InChI is InChI=1S/C16H22N2O2/c1-16(2,3)20-15(19)18-10-9-17-8-7-12-5-4-6-13(11-18)14(12)17/h4-6H,7-11H2,1-3H3. The lowest BCUT2D eigenvalue weighted by molar-refractivity contribution is 0.0243. The van der Waals surface area contributed by atoms with Crippen molar-refractivity contribution in [2.45, 2.75) is 39.3 Å². The van der Waals surface area contributed by atoms with E-state index in [4.69, 9.17) is 4.74 Å². The Morgan fingerprint density at radius 1 is 1.15 bits per heavy atom. The molecule has 0 saturated carbocycles. The van der Waals surface area contributed by atoms with E-state index in [0.29, 0.717) is 6.54 Å². The minimum absolute atomic E-state index is 0.212. The first kappa shape index (κ1) is 13.3. The fourth-order valence-electron chi connectivity index (χ4n) is 2.98. The molecular formula is C16H22N2O2. The second kappa shape index (κ2) is 4.69. The number of carbonyl (C=O) groups is 1. The van der Waals surface area contributed by atoms with E-state index in [9.17, 15) is 4.79 Å². The first-order valence-corrected chi connectivity index (χ1v) is 7.28. The summed E-state index contributed by atoms with van der Waals surface area (Å²) in [7, 11) is 0. The summed E-state index contributed by atoms with van der Waals surface area (Å²) in [5.74, 6) is 0. The number of carbonyl (C=O) groups excluding carboxylic acids is 1. The normalized spacial score (nSPS) is 17.8. The maximum Gasteiger partial charge on any atom is 0.410 e. The summed E-state index contributed by atoms with van der Waals surface area (Å²) >= 11 is 0. The lowest BCUT2D eigenvalue weighted by Gasteiger charge is -2.26. The molecule has 2 heterocycles. The van der Waals surface area contributed by atoms with E-state index < -0.39 is 5.60 Å². The van der Waals surface area contributed by atoms with E-state index in [2.05, 4.69) is 23.1 Å². The molecule has 0 unspecified atom stereocenters. The highest BCUT2D eigenvalue weighted by Crippen LogP contribution is 2.34. The van der Waals surface area contributed by atoms with E-state index in [1.165, 1.54) is 16.8 Å². The maximum atomic E-state index is 12.3. The molecule has 4 nitrogen and oxygen atoms in total. The monoisotopic (exact) mass is 274 g/mol. The van der Waals surface area contributed by atoms with Crippen LogP contribution in [-0.2, 0) is 17.7 Å². The fraction of sp³-hybridized carbons (Fsp3) is 0.562. The van der Waals surface area contributed by atoms with Crippen molar-refractivity contribution in [1.82, 2.24) is 4.90 Å². The Morgan fingerprint density at radius 2 is 1.90 bits per heavy atom. The van der Waals surface area contributed by atoms with Crippen LogP contribution in [0.25, 0.3) is 0 Å². The number of para-hydroxylation sites is 1. The lowest BCUT2D eigenvalue weighted by Crippen LogP contribution is -2.39. The molecule has 0 radical (unpaired) electrons. The summed E-state index contributed by atoms with van der Waals surface area (Å²) in [6.45, 7) is 9.05. The van der Waals surface area contributed by atoms with Gasteiger partial charge < -0.3 is 14.5 Å². The van der Waals surface area contributed by atoms with Crippen LogP contribution in [0.2, 0.25) is 0 Å². The highest BCUT2D eigenvalue weighted by Gasteiger charge is 2.30. The van der Waals surface area contributed by atoms with Crippen LogP contribution < -0.4 is 4.90 Å². The number of benzene rings is 1. The van der Waals surface area contributed by atoms with E-state index in [0.717, 1.165) is 26.1 Å². The van der Waals surface area contributed by atoms with Crippen LogP contribution in [-0.4, -0.2) is 36.2 Å². The Balaban J connectivity index is 1.83. The number of nitrogens with zero attached hydrogens (tertiary/aromatic N) is 2. The van der Waals surface area contributed by atoms with Gasteiger partial charge in [0.05, 0.1) is 6.54 Å². The van der Waals surface area contributed by atoms with E-state index in [-0.39, 0.29) is 6.09 Å². The second-order valence-electron chi connectivity index (χ2n) is 6.56. The quantitative estimate of drug-likeness (QED) is 0.729. The molecule has 0 bridgehead atoms. The van der Waals surface area contributed by atoms with Gasteiger partial charge in [0.2, 0.25) is 0 Å². The molecule has 108 valence electrons. The summed E-state index contributed by atoms with van der Waals surface area (Å²) in [4.78, 5) is 16.5. The zero-order chi connectivity index (χ0) is 14.3. The lowest BCUT2D eigenvalue weighted by atomic mass is 10.1. The number of ether oxygens (including phenoxy) is 1. The number of rotatable bonds is 0. The number of amides is 1. The highest BCUT2D eigenvalue weighted by atomic mass is 16.6. The highest BCUT2D eigenvalue weighted by molar-refractivity contribution is 5.71. The molecule has 0 spiro atoms. The Bertz CT molecular complexity index is 534. The van der Waals surface area contributed by atoms with Crippen molar-refractivity contribution in [2.24, 2.45) is 0 Å². The van der Waals surface area contributed by atoms with Gasteiger partial charge in [-0.3, -0.25) is 0 Å². The van der Waals surface area contributed by atoms with Crippen LogP contribution in [0.4, 0.5) is 10.5 Å². The molecule has 4 heteroatoms. The third kappa shape index (κ3) is 2.47. The van der Waals surface area contributed by atoms with Gasteiger partial charge in [-0.25, -0.2) is 4.79 Å². The number of hydrogen-bond donors (Lipinski definition) is 0. The Labute approximate surface area is 120 Å². The predicted octanol–water partition coefficient (Wildman–Crippen LogP) is 2.80. The molecule has 0 aromatic heterocycles. The van der Waals surface area contributed by atoms with Crippen molar-refractivity contribution < 1.29 is 9.53 Å². The molecule has 2 aliphatic heterocycles. The first-order valence-electron chi connectivity index (χ1n) is 7.28. The molecule has 1 aromatic carbocycles. The van der Waals surface area contributed by atoms with Crippen molar-refractivity contribution in [1.29, 1.82) is 0 Å². The van der Waals surface area contributed by atoms with E-state index >= 15 is 0 Å². The smallest absolute Gasteiger partial charge is 0.410 e. The summed E-state index contributed by atoms with van der Waals surface area (Å²) < 4.78 is 5.50. The summed E-state index contributed by atoms with van der Waals surface area (Å²) in [5, 5.41) is 0. The van der Waals surface area contributed by atoms with Gasteiger partial charge in [-0.1, -0.05) is 18.2 Å². The average Bonchev–Trinajstić information content (AvgIpc) is 2.65. The van der Waals surface area contributed by atoms with Gasteiger partial charge in [0.1, 0.15) is 5.60 Å². The van der Waals surface area contributed by atoms with Crippen LogP contribution in [0.1, 0.15) is 31.9 Å². The zero-order valence-corrected chi connectivity index (χ0v) is 12.5. The third-order valence-electron chi connectivity index (χ3n) is 3.82. The van der Waals surface area contributed by atoms with E-state index in [1.807, 2.05) is 25.7 Å². The van der Waals surface area contributed by atoms with E-state index in [1.54, 1.807) is 0 Å². The maximum absolute atomic E-state index is 12.3. The summed E-state index contributed by atoms with van der Waals surface area (Å²) in [6, 6.07) is 6.41. The SMILES string of the molecule is CC(C)(C)OC(=O)N1CCN2CCc3cccc(c32)C1. The van der Waals surface area contributed by atoms with Gasteiger partial charge in [-0.05, 0) is 38.3 Å². The minimum atomic E-state index is -0.440. The molecule has 2 aliphatic rings. The Morgan fingerprint density at radius 3 is 2.65 bits per heavy atom. The van der Waals surface area contributed by atoms with Gasteiger partial charge in [0.25, 0.3) is 0 Å². The molecule has 0 N–H and O–H groups in total. The molecule has 1 amide bonds. The largest absolute Gasteiger partial charge is 0.444 e. The predicted molar refractivity (Wildman–Crippen MR) is 79.0 cm³/mol. The van der Waals surface area contributed by atoms with Crippen molar-refractivity contribution in [3.63, 3.8) is 0 Å². The summed E-state index contributed by atoms with van der Waals surface area (Å²) in [5.41, 5.74) is 3.56. The van der Waals surface area contributed by atoms with Crippen molar-refractivity contribution in [3.8, 4) is 0 Å². The van der Waals surface area contributed by atoms with Crippen LogP contribution >= 0.6 is 0 Å². The minimum Gasteiger partial charge on any atom is -0.444 e. The molecule has 3 rings (SSSR count). The topological polar surface area (TPSA) is 32.8 Å². The second-order valence-corrected chi connectivity index (χ2v) is 6.56. The van der Waals surface area contributed by atoms with Gasteiger partial charge in [-0.15, -0.1) is 0 Å². The Hall–Kier alpha value is -1.71. The van der Waals surface area contributed by atoms with Crippen molar-refractivity contribution in [3.05, 3.63) is 29.3 Å². The third-order valence-corrected chi connectivity index (χ3v) is 3.82. The fourth-order valence-corrected chi connectivity index (χ4v) is 2.98.